The van der Waals surface area contributed by atoms with E-state index < -0.39 is 0 Å². The van der Waals surface area contributed by atoms with Gasteiger partial charge in [0, 0.05) is 25.3 Å². The van der Waals surface area contributed by atoms with Crippen molar-refractivity contribution in [3.05, 3.63) is 17.0 Å². The van der Waals surface area contributed by atoms with Gasteiger partial charge in [0.05, 0.1) is 11.3 Å². The number of carbonyl (C=O) groups is 1. The zero-order valence-electron chi connectivity index (χ0n) is 11.1. The molecule has 0 spiro atoms. The Morgan fingerprint density at radius 3 is 2.72 bits per heavy atom. The summed E-state index contributed by atoms with van der Waals surface area (Å²) in [7, 11) is 1.86. The molecule has 1 aromatic rings. The van der Waals surface area contributed by atoms with Gasteiger partial charge in [-0.25, -0.2) is 0 Å². The second kappa shape index (κ2) is 6.20. The summed E-state index contributed by atoms with van der Waals surface area (Å²) in [6, 6.07) is 0.246. The quantitative estimate of drug-likeness (QED) is 0.842. The molecule has 1 saturated heterocycles. The SMILES string of the molecule is Cc1nn(C)c(C)c1C(=O)N[C@@H]1CCCNC1.Cl. The van der Waals surface area contributed by atoms with E-state index in [0.717, 1.165) is 42.9 Å². The lowest BCUT2D eigenvalue weighted by Gasteiger charge is -2.23. The fourth-order valence-corrected chi connectivity index (χ4v) is 2.33. The molecule has 0 radical (unpaired) electrons. The Hall–Kier alpha value is -1.07. The highest BCUT2D eigenvalue weighted by Crippen LogP contribution is 2.12. The number of rotatable bonds is 2. The average Bonchev–Trinajstić information content (AvgIpc) is 2.54. The minimum atomic E-state index is 0. The Balaban J connectivity index is 0.00000162. The molecule has 0 aromatic carbocycles. The van der Waals surface area contributed by atoms with E-state index >= 15 is 0 Å². The molecule has 6 heteroatoms. The molecule has 0 bridgehead atoms. The predicted octanol–water partition coefficient (Wildman–Crippen LogP) is 0.941. The largest absolute Gasteiger partial charge is 0.348 e. The van der Waals surface area contributed by atoms with Crippen LogP contribution in [0.4, 0.5) is 0 Å². The molecule has 0 unspecified atom stereocenters. The second-order valence-corrected chi connectivity index (χ2v) is 4.69. The molecule has 18 heavy (non-hydrogen) atoms. The molecular formula is C12H21ClN4O. The van der Waals surface area contributed by atoms with Crippen molar-refractivity contribution >= 4 is 18.3 Å². The van der Waals surface area contributed by atoms with Gasteiger partial charge in [-0.1, -0.05) is 0 Å². The first-order valence-electron chi connectivity index (χ1n) is 6.11. The number of aromatic nitrogens is 2. The smallest absolute Gasteiger partial charge is 0.255 e. The molecular weight excluding hydrogens is 252 g/mol. The standard InChI is InChI=1S/C12H20N4O.ClH/c1-8-11(9(2)16(3)15-8)12(17)14-10-5-4-6-13-7-10;/h10,13H,4-7H2,1-3H3,(H,14,17);1H/t10-;/m1./s1. The number of aryl methyl sites for hydroxylation is 2. The fraction of sp³-hybridized carbons (Fsp3) is 0.667. The molecule has 102 valence electrons. The molecule has 1 amide bonds. The van der Waals surface area contributed by atoms with Gasteiger partial charge in [0.1, 0.15) is 0 Å². The van der Waals surface area contributed by atoms with Gasteiger partial charge >= 0.3 is 0 Å². The number of carbonyl (C=O) groups excluding carboxylic acids is 1. The fourth-order valence-electron chi connectivity index (χ4n) is 2.33. The Kier molecular flexibility index (Phi) is 5.16. The van der Waals surface area contributed by atoms with E-state index in [2.05, 4.69) is 15.7 Å². The molecule has 1 aliphatic rings. The highest BCUT2D eigenvalue weighted by molar-refractivity contribution is 5.96. The van der Waals surface area contributed by atoms with Crippen LogP contribution in [0.15, 0.2) is 0 Å². The van der Waals surface area contributed by atoms with Crippen molar-refractivity contribution in [1.29, 1.82) is 0 Å². The van der Waals surface area contributed by atoms with E-state index in [1.807, 2.05) is 20.9 Å². The Morgan fingerprint density at radius 1 is 1.50 bits per heavy atom. The van der Waals surface area contributed by atoms with Crippen LogP contribution in [0.5, 0.6) is 0 Å². The highest BCUT2D eigenvalue weighted by atomic mass is 35.5. The number of hydrogen-bond donors (Lipinski definition) is 2. The maximum atomic E-state index is 12.2. The molecule has 0 aliphatic carbocycles. The number of amides is 1. The van der Waals surface area contributed by atoms with Crippen LogP contribution in [-0.2, 0) is 7.05 Å². The average molecular weight is 273 g/mol. The monoisotopic (exact) mass is 272 g/mol. The van der Waals surface area contributed by atoms with Gasteiger partial charge in [0.25, 0.3) is 5.91 Å². The van der Waals surface area contributed by atoms with Crippen LogP contribution in [-0.4, -0.2) is 34.8 Å². The number of piperidine rings is 1. The number of hydrogen-bond acceptors (Lipinski definition) is 3. The van der Waals surface area contributed by atoms with Crippen LogP contribution >= 0.6 is 12.4 Å². The summed E-state index contributed by atoms with van der Waals surface area (Å²) >= 11 is 0. The van der Waals surface area contributed by atoms with Gasteiger partial charge < -0.3 is 10.6 Å². The van der Waals surface area contributed by atoms with E-state index in [9.17, 15) is 4.79 Å². The van der Waals surface area contributed by atoms with Crippen molar-refractivity contribution in [1.82, 2.24) is 20.4 Å². The number of nitrogens with one attached hydrogen (secondary N) is 2. The summed E-state index contributed by atoms with van der Waals surface area (Å²) in [4.78, 5) is 12.2. The molecule has 0 saturated carbocycles. The summed E-state index contributed by atoms with van der Waals surface area (Å²) < 4.78 is 1.75. The minimum absolute atomic E-state index is 0. The van der Waals surface area contributed by atoms with Crippen LogP contribution in [0.2, 0.25) is 0 Å². The molecule has 2 N–H and O–H groups in total. The first-order valence-corrected chi connectivity index (χ1v) is 6.11. The van der Waals surface area contributed by atoms with Gasteiger partial charge in [-0.3, -0.25) is 9.48 Å². The van der Waals surface area contributed by atoms with Crippen LogP contribution in [0, 0.1) is 13.8 Å². The van der Waals surface area contributed by atoms with Gasteiger partial charge in [0.2, 0.25) is 0 Å². The first-order chi connectivity index (χ1) is 8.09. The Morgan fingerprint density at radius 2 is 2.22 bits per heavy atom. The maximum absolute atomic E-state index is 12.2. The zero-order valence-corrected chi connectivity index (χ0v) is 11.9. The van der Waals surface area contributed by atoms with Crippen molar-refractivity contribution in [2.75, 3.05) is 13.1 Å². The van der Waals surface area contributed by atoms with Crippen molar-refractivity contribution in [2.24, 2.45) is 7.05 Å². The van der Waals surface area contributed by atoms with Crippen molar-refractivity contribution in [2.45, 2.75) is 32.7 Å². The van der Waals surface area contributed by atoms with Crippen LogP contribution in [0.25, 0.3) is 0 Å². The molecule has 2 heterocycles. The van der Waals surface area contributed by atoms with Crippen molar-refractivity contribution in [3.63, 3.8) is 0 Å². The third kappa shape index (κ3) is 3.03. The van der Waals surface area contributed by atoms with Crippen LogP contribution < -0.4 is 10.6 Å². The van der Waals surface area contributed by atoms with Crippen molar-refractivity contribution < 1.29 is 4.79 Å². The second-order valence-electron chi connectivity index (χ2n) is 4.69. The van der Waals surface area contributed by atoms with E-state index in [1.54, 1.807) is 4.68 Å². The lowest BCUT2D eigenvalue weighted by atomic mass is 10.1. The third-order valence-electron chi connectivity index (χ3n) is 3.37. The molecule has 5 nitrogen and oxygen atoms in total. The summed E-state index contributed by atoms with van der Waals surface area (Å²) in [5, 5.41) is 10.6. The summed E-state index contributed by atoms with van der Waals surface area (Å²) in [6.45, 7) is 5.72. The first kappa shape index (κ1) is 15.0. The normalized spacial score (nSPS) is 19.2. The van der Waals surface area contributed by atoms with E-state index in [4.69, 9.17) is 0 Å². The molecule has 1 aliphatic heterocycles. The van der Waals surface area contributed by atoms with Gasteiger partial charge in [-0.05, 0) is 33.2 Å². The topological polar surface area (TPSA) is 59.0 Å². The summed E-state index contributed by atoms with van der Waals surface area (Å²) in [5.41, 5.74) is 2.44. The lowest BCUT2D eigenvalue weighted by Crippen LogP contribution is -2.45. The van der Waals surface area contributed by atoms with Gasteiger partial charge in [0.15, 0.2) is 0 Å². The molecule has 1 atom stereocenters. The van der Waals surface area contributed by atoms with Crippen LogP contribution in [0.3, 0.4) is 0 Å². The molecule has 1 fully saturated rings. The summed E-state index contributed by atoms with van der Waals surface area (Å²) in [5.74, 6) is 0.00167. The Bertz CT molecular complexity index is 424. The highest BCUT2D eigenvalue weighted by Gasteiger charge is 2.21. The molecule has 1 aromatic heterocycles. The summed E-state index contributed by atoms with van der Waals surface area (Å²) in [6.07, 6.45) is 2.17. The Labute approximate surface area is 114 Å². The van der Waals surface area contributed by atoms with E-state index in [0.29, 0.717) is 0 Å². The van der Waals surface area contributed by atoms with Crippen molar-refractivity contribution in [3.8, 4) is 0 Å². The van der Waals surface area contributed by atoms with E-state index in [-0.39, 0.29) is 24.4 Å². The molecule has 2 rings (SSSR count). The zero-order chi connectivity index (χ0) is 12.4. The third-order valence-corrected chi connectivity index (χ3v) is 3.37. The van der Waals surface area contributed by atoms with E-state index in [1.165, 1.54) is 0 Å². The van der Waals surface area contributed by atoms with Gasteiger partial charge in [-0.2, -0.15) is 5.10 Å². The maximum Gasteiger partial charge on any atom is 0.255 e. The van der Waals surface area contributed by atoms with Gasteiger partial charge in [-0.15, -0.1) is 12.4 Å². The minimum Gasteiger partial charge on any atom is -0.348 e. The van der Waals surface area contributed by atoms with Crippen LogP contribution in [0.1, 0.15) is 34.6 Å². The lowest BCUT2D eigenvalue weighted by molar-refractivity contribution is 0.0929. The predicted molar refractivity (Wildman–Crippen MR) is 73.3 cm³/mol. The number of nitrogens with zero attached hydrogens (tertiary/aromatic N) is 2. The number of halogens is 1.